The monoisotopic (exact) mass is 307 g/mol. The second-order valence-electron chi connectivity index (χ2n) is 5.39. The zero-order chi connectivity index (χ0) is 15.5. The van der Waals surface area contributed by atoms with E-state index in [0.717, 1.165) is 11.1 Å². The number of hydrogen-bond acceptors (Lipinski definition) is 2. The van der Waals surface area contributed by atoms with Crippen LogP contribution in [0.15, 0.2) is 42.5 Å². The van der Waals surface area contributed by atoms with E-state index in [9.17, 15) is 9.50 Å². The van der Waals surface area contributed by atoms with Crippen molar-refractivity contribution in [1.82, 2.24) is 0 Å². The van der Waals surface area contributed by atoms with E-state index in [2.05, 4.69) is 0 Å². The third-order valence-corrected chi connectivity index (χ3v) is 4.29. The molecule has 0 aliphatic heterocycles. The summed E-state index contributed by atoms with van der Waals surface area (Å²) < 4.78 is 14.0. The molecule has 21 heavy (non-hydrogen) atoms. The van der Waals surface area contributed by atoms with Gasteiger partial charge in [0.1, 0.15) is 5.82 Å². The lowest BCUT2D eigenvalue weighted by Crippen LogP contribution is -2.41. The molecule has 0 fully saturated rings. The van der Waals surface area contributed by atoms with Gasteiger partial charge in [0.15, 0.2) is 0 Å². The molecule has 0 saturated carbocycles. The Morgan fingerprint density at radius 1 is 1.19 bits per heavy atom. The highest BCUT2D eigenvalue weighted by atomic mass is 35.5. The van der Waals surface area contributed by atoms with E-state index in [4.69, 9.17) is 17.3 Å². The molecule has 2 nitrogen and oxygen atoms in total. The van der Waals surface area contributed by atoms with Crippen molar-refractivity contribution in [2.24, 2.45) is 5.73 Å². The van der Waals surface area contributed by atoms with E-state index in [-0.39, 0.29) is 25.4 Å². The summed E-state index contributed by atoms with van der Waals surface area (Å²) in [6, 6.07) is 12.3. The Bertz CT molecular complexity index is 588. The summed E-state index contributed by atoms with van der Waals surface area (Å²) >= 11 is 6.10. The predicted molar refractivity (Wildman–Crippen MR) is 84.1 cm³/mol. The van der Waals surface area contributed by atoms with Crippen molar-refractivity contribution < 1.29 is 9.50 Å². The van der Waals surface area contributed by atoms with Crippen LogP contribution in [0.1, 0.15) is 16.7 Å². The average molecular weight is 308 g/mol. The van der Waals surface area contributed by atoms with Crippen LogP contribution in [0.3, 0.4) is 0 Å². The van der Waals surface area contributed by atoms with Crippen molar-refractivity contribution in [3.63, 3.8) is 0 Å². The van der Waals surface area contributed by atoms with Crippen LogP contribution in [0.25, 0.3) is 0 Å². The minimum absolute atomic E-state index is 0.169. The maximum atomic E-state index is 14.0. The lowest BCUT2D eigenvalue weighted by molar-refractivity contribution is 0.195. The van der Waals surface area contributed by atoms with Crippen LogP contribution in [0.4, 0.5) is 4.39 Å². The fourth-order valence-electron chi connectivity index (χ4n) is 2.45. The van der Waals surface area contributed by atoms with Crippen molar-refractivity contribution in [2.45, 2.75) is 18.8 Å². The van der Waals surface area contributed by atoms with Gasteiger partial charge in [-0.05, 0) is 31.0 Å². The first-order valence-corrected chi connectivity index (χ1v) is 7.21. The van der Waals surface area contributed by atoms with Gasteiger partial charge >= 0.3 is 0 Å². The summed E-state index contributed by atoms with van der Waals surface area (Å²) in [4.78, 5) is 0. The van der Waals surface area contributed by atoms with Crippen LogP contribution in [0, 0.1) is 12.7 Å². The Balaban J connectivity index is 2.45. The van der Waals surface area contributed by atoms with Crippen LogP contribution >= 0.6 is 11.6 Å². The van der Waals surface area contributed by atoms with Crippen molar-refractivity contribution in [3.05, 3.63) is 70.0 Å². The molecule has 0 heterocycles. The summed E-state index contributed by atoms with van der Waals surface area (Å²) in [5.41, 5.74) is 7.57. The molecule has 2 aromatic carbocycles. The van der Waals surface area contributed by atoms with Crippen LogP contribution in [0.5, 0.6) is 0 Å². The lowest BCUT2D eigenvalue weighted by atomic mass is 9.76. The van der Waals surface area contributed by atoms with Gasteiger partial charge in [-0.25, -0.2) is 4.39 Å². The van der Waals surface area contributed by atoms with E-state index in [1.807, 2.05) is 31.2 Å². The Kier molecular flexibility index (Phi) is 4.99. The summed E-state index contributed by atoms with van der Waals surface area (Å²) in [6.45, 7) is 2.02. The third-order valence-electron chi connectivity index (χ3n) is 3.93. The molecular weight excluding hydrogens is 289 g/mol. The minimum atomic E-state index is -0.737. The molecule has 0 saturated heterocycles. The molecule has 112 valence electrons. The van der Waals surface area contributed by atoms with Crippen LogP contribution in [-0.2, 0) is 11.8 Å². The molecular formula is C17H19ClFNO. The van der Waals surface area contributed by atoms with E-state index < -0.39 is 5.41 Å². The van der Waals surface area contributed by atoms with Crippen LogP contribution in [-0.4, -0.2) is 18.3 Å². The number of hydrogen-bond donors (Lipinski definition) is 2. The topological polar surface area (TPSA) is 46.2 Å². The van der Waals surface area contributed by atoms with E-state index in [1.54, 1.807) is 12.1 Å². The molecule has 0 aromatic heterocycles. The SMILES string of the molecule is Cc1ccc(C(CN)(CO)Cc2c(F)cccc2Cl)cc1. The van der Waals surface area contributed by atoms with E-state index in [0.29, 0.717) is 10.6 Å². The fraction of sp³-hybridized carbons (Fsp3) is 0.294. The minimum Gasteiger partial charge on any atom is -0.395 e. The number of rotatable bonds is 5. The molecule has 3 N–H and O–H groups in total. The standard InChI is InChI=1S/C17H19ClFNO/c1-12-5-7-13(8-6-12)17(10-20,11-21)9-14-15(18)3-2-4-16(14)19/h2-8,21H,9-11,20H2,1H3. The zero-order valence-corrected chi connectivity index (χ0v) is 12.7. The number of benzene rings is 2. The Morgan fingerprint density at radius 3 is 2.38 bits per heavy atom. The van der Waals surface area contributed by atoms with E-state index >= 15 is 0 Å². The number of aliphatic hydroxyl groups excluding tert-OH is 1. The smallest absolute Gasteiger partial charge is 0.127 e. The maximum absolute atomic E-state index is 14.0. The van der Waals surface area contributed by atoms with Crippen molar-refractivity contribution in [2.75, 3.05) is 13.2 Å². The predicted octanol–water partition coefficient (Wildman–Crippen LogP) is 3.22. The fourth-order valence-corrected chi connectivity index (χ4v) is 2.68. The summed E-state index contributed by atoms with van der Waals surface area (Å²) in [6.07, 6.45) is 0.258. The summed E-state index contributed by atoms with van der Waals surface area (Å²) in [5, 5.41) is 10.3. The van der Waals surface area contributed by atoms with Gasteiger partial charge in [-0.15, -0.1) is 0 Å². The molecule has 0 amide bonds. The van der Waals surface area contributed by atoms with Gasteiger partial charge in [-0.1, -0.05) is 47.5 Å². The molecule has 0 radical (unpaired) electrons. The Labute approximate surface area is 129 Å². The highest BCUT2D eigenvalue weighted by molar-refractivity contribution is 6.31. The van der Waals surface area contributed by atoms with Crippen molar-refractivity contribution in [1.29, 1.82) is 0 Å². The molecule has 0 aliphatic rings. The number of aryl methyl sites for hydroxylation is 1. The average Bonchev–Trinajstić information content (AvgIpc) is 2.49. The largest absolute Gasteiger partial charge is 0.395 e. The van der Waals surface area contributed by atoms with Gasteiger partial charge in [-0.2, -0.15) is 0 Å². The van der Waals surface area contributed by atoms with Gasteiger partial charge in [0, 0.05) is 22.5 Å². The molecule has 1 unspecified atom stereocenters. The molecule has 0 aliphatic carbocycles. The van der Waals surface area contributed by atoms with Gasteiger partial charge in [0.05, 0.1) is 6.61 Å². The summed E-state index contributed by atoms with van der Waals surface area (Å²) in [7, 11) is 0. The molecule has 4 heteroatoms. The lowest BCUT2D eigenvalue weighted by Gasteiger charge is -2.32. The molecule has 1 atom stereocenters. The van der Waals surface area contributed by atoms with Crippen molar-refractivity contribution in [3.8, 4) is 0 Å². The summed E-state index contributed by atoms with van der Waals surface area (Å²) in [5.74, 6) is -0.374. The molecule has 0 spiro atoms. The molecule has 2 rings (SSSR count). The van der Waals surface area contributed by atoms with Crippen LogP contribution < -0.4 is 5.73 Å². The van der Waals surface area contributed by atoms with E-state index in [1.165, 1.54) is 6.07 Å². The Hall–Kier alpha value is -1.42. The molecule has 0 bridgehead atoms. The first-order valence-electron chi connectivity index (χ1n) is 6.83. The highest BCUT2D eigenvalue weighted by Gasteiger charge is 2.32. The molecule has 2 aromatic rings. The number of aliphatic hydroxyl groups is 1. The van der Waals surface area contributed by atoms with Gasteiger partial charge in [0.2, 0.25) is 0 Å². The quantitative estimate of drug-likeness (QED) is 0.891. The van der Waals surface area contributed by atoms with Crippen LogP contribution in [0.2, 0.25) is 5.02 Å². The van der Waals surface area contributed by atoms with Crippen molar-refractivity contribution >= 4 is 11.6 Å². The first kappa shape index (κ1) is 16.0. The Morgan fingerprint density at radius 2 is 1.86 bits per heavy atom. The zero-order valence-electron chi connectivity index (χ0n) is 11.9. The number of nitrogens with two attached hydrogens (primary N) is 1. The maximum Gasteiger partial charge on any atom is 0.127 e. The second kappa shape index (κ2) is 6.56. The highest BCUT2D eigenvalue weighted by Crippen LogP contribution is 2.31. The third kappa shape index (κ3) is 3.26. The first-order chi connectivity index (χ1) is 10.0. The second-order valence-corrected chi connectivity index (χ2v) is 5.79. The van der Waals surface area contributed by atoms with Gasteiger partial charge in [-0.3, -0.25) is 0 Å². The van der Waals surface area contributed by atoms with Gasteiger partial charge < -0.3 is 10.8 Å². The van der Waals surface area contributed by atoms with Gasteiger partial charge in [0.25, 0.3) is 0 Å². The number of halogens is 2. The normalized spacial score (nSPS) is 14.0.